The Morgan fingerprint density at radius 1 is 0.667 bits per heavy atom. The molecule has 1 amide bonds. The van der Waals surface area contributed by atoms with Crippen LogP contribution in [-0.2, 0) is 18.4 Å². The van der Waals surface area contributed by atoms with E-state index in [-0.39, 0.29) is 19.1 Å². The number of aliphatic hydroxyl groups is 1. The molecule has 302 valence electrons. The molecule has 0 heterocycles. The van der Waals surface area contributed by atoms with E-state index in [2.05, 4.69) is 31.3 Å². The third kappa shape index (κ3) is 37.1. The van der Waals surface area contributed by atoms with Crippen LogP contribution in [-0.4, -0.2) is 68.5 Å². The van der Waals surface area contributed by atoms with Crippen molar-refractivity contribution in [1.29, 1.82) is 0 Å². The summed E-state index contributed by atoms with van der Waals surface area (Å²) in [5.74, 6) is -0.208. The van der Waals surface area contributed by atoms with Crippen LogP contribution in [0.4, 0.5) is 0 Å². The first-order chi connectivity index (χ1) is 24.5. The Hall–Kier alpha value is -1.02. The van der Waals surface area contributed by atoms with E-state index in [0.717, 1.165) is 38.5 Å². The molecule has 0 aromatic heterocycles. The van der Waals surface area contributed by atoms with Crippen molar-refractivity contribution in [3.8, 4) is 0 Å². The van der Waals surface area contributed by atoms with E-state index in [1.54, 1.807) is 6.08 Å². The number of hydrogen-bond acceptors (Lipinski definition) is 6. The highest BCUT2D eigenvalue weighted by Gasteiger charge is 2.23. The SMILES string of the molecule is CCCCCCCCCCCCC/C=C/CC/C=C/C(O)C(COP(=O)([O-])OCC[N+](C)(C)C)NC(=O)CCCCCCCCCCCCCC. The fourth-order valence-corrected chi connectivity index (χ4v) is 6.71. The average Bonchev–Trinajstić information content (AvgIpc) is 3.07. The van der Waals surface area contributed by atoms with E-state index in [1.807, 2.05) is 27.2 Å². The summed E-state index contributed by atoms with van der Waals surface area (Å²) < 4.78 is 23.1. The van der Waals surface area contributed by atoms with Gasteiger partial charge in [0.25, 0.3) is 7.82 Å². The van der Waals surface area contributed by atoms with E-state index >= 15 is 0 Å². The molecule has 2 N–H and O–H groups in total. The van der Waals surface area contributed by atoms with Gasteiger partial charge in [-0.3, -0.25) is 9.36 Å². The molecule has 9 heteroatoms. The quantitative estimate of drug-likeness (QED) is 0.0282. The maximum absolute atomic E-state index is 12.8. The minimum Gasteiger partial charge on any atom is -0.756 e. The Labute approximate surface area is 315 Å². The van der Waals surface area contributed by atoms with Crippen molar-refractivity contribution >= 4 is 13.7 Å². The highest BCUT2D eigenvalue weighted by Crippen LogP contribution is 2.38. The first-order valence-corrected chi connectivity index (χ1v) is 22.7. The van der Waals surface area contributed by atoms with E-state index in [4.69, 9.17) is 9.05 Å². The summed E-state index contributed by atoms with van der Waals surface area (Å²) in [4.78, 5) is 25.2. The molecule has 0 aromatic rings. The number of nitrogens with zero attached hydrogens (tertiary/aromatic N) is 1. The Kier molecular flexibility index (Phi) is 34.0. The van der Waals surface area contributed by atoms with E-state index in [0.29, 0.717) is 17.4 Å². The van der Waals surface area contributed by atoms with Crippen LogP contribution in [0, 0.1) is 0 Å². The number of rotatable bonds is 38. The van der Waals surface area contributed by atoms with Crippen LogP contribution in [0.15, 0.2) is 24.3 Å². The van der Waals surface area contributed by atoms with Gasteiger partial charge in [0.1, 0.15) is 13.2 Å². The second-order valence-electron chi connectivity index (χ2n) is 15.7. The predicted octanol–water partition coefficient (Wildman–Crippen LogP) is 10.7. The molecular weight excluding hydrogens is 659 g/mol. The standard InChI is InChI=1S/C42H83N2O6P/c1-6-8-10-12-14-16-18-20-21-22-23-24-25-27-29-31-33-35-41(45)40(39-50-51(47,48)49-38-37-44(3,4)5)43-42(46)36-34-32-30-28-26-19-17-15-13-11-9-7-2/h25,27,33,35,40-41,45H,6-24,26,28-32,34,36-39H2,1-5H3,(H-,43,46,47,48)/b27-25+,35-33+. The van der Waals surface area contributed by atoms with Crippen molar-refractivity contribution in [2.24, 2.45) is 0 Å². The van der Waals surface area contributed by atoms with Crippen LogP contribution < -0.4 is 10.2 Å². The molecule has 0 aromatic carbocycles. The molecule has 0 aliphatic rings. The number of hydrogen-bond donors (Lipinski definition) is 2. The Morgan fingerprint density at radius 3 is 1.59 bits per heavy atom. The van der Waals surface area contributed by atoms with Gasteiger partial charge in [0.15, 0.2) is 0 Å². The highest BCUT2D eigenvalue weighted by molar-refractivity contribution is 7.45. The van der Waals surface area contributed by atoms with Crippen LogP contribution in [0.3, 0.4) is 0 Å². The fourth-order valence-electron chi connectivity index (χ4n) is 5.99. The minimum atomic E-state index is -4.59. The number of nitrogens with one attached hydrogen (secondary N) is 1. The number of phosphoric ester groups is 1. The monoisotopic (exact) mass is 743 g/mol. The lowest BCUT2D eigenvalue weighted by Gasteiger charge is -2.29. The number of carbonyl (C=O) groups is 1. The van der Waals surface area contributed by atoms with Gasteiger partial charge in [-0.1, -0.05) is 173 Å². The number of likely N-dealkylation sites (N-methyl/N-ethyl adjacent to an activating group) is 1. The van der Waals surface area contributed by atoms with Gasteiger partial charge in [0.05, 0.1) is 39.9 Å². The number of aliphatic hydroxyl groups excluding tert-OH is 1. The Morgan fingerprint density at radius 2 is 1.10 bits per heavy atom. The smallest absolute Gasteiger partial charge is 0.268 e. The fraction of sp³-hybridized carbons (Fsp3) is 0.881. The van der Waals surface area contributed by atoms with Crippen molar-refractivity contribution in [3.05, 3.63) is 24.3 Å². The van der Waals surface area contributed by atoms with Gasteiger partial charge in [-0.25, -0.2) is 0 Å². The largest absolute Gasteiger partial charge is 0.756 e. The van der Waals surface area contributed by atoms with E-state index in [1.165, 1.54) is 128 Å². The summed E-state index contributed by atoms with van der Waals surface area (Å²) in [7, 11) is 1.25. The molecule has 0 saturated carbocycles. The molecule has 0 rings (SSSR count). The van der Waals surface area contributed by atoms with Crippen molar-refractivity contribution < 1.29 is 32.9 Å². The third-order valence-electron chi connectivity index (χ3n) is 9.41. The maximum Gasteiger partial charge on any atom is 0.268 e. The minimum absolute atomic E-state index is 0.00447. The molecule has 3 unspecified atom stereocenters. The number of phosphoric acid groups is 1. The van der Waals surface area contributed by atoms with Crippen LogP contribution in [0.2, 0.25) is 0 Å². The summed E-state index contributed by atoms with van der Waals surface area (Å²) in [6.45, 7) is 4.61. The lowest BCUT2D eigenvalue weighted by atomic mass is 10.0. The molecule has 0 bridgehead atoms. The second-order valence-corrected chi connectivity index (χ2v) is 17.1. The van der Waals surface area contributed by atoms with Gasteiger partial charge in [-0.15, -0.1) is 0 Å². The topological polar surface area (TPSA) is 108 Å². The van der Waals surface area contributed by atoms with Gasteiger partial charge >= 0.3 is 0 Å². The van der Waals surface area contributed by atoms with Crippen molar-refractivity contribution in [2.75, 3.05) is 40.9 Å². The van der Waals surface area contributed by atoms with Crippen LogP contribution in [0.1, 0.15) is 187 Å². The van der Waals surface area contributed by atoms with Gasteiger partial charge in [-0.05, 0) is 32.1 Å². The molecule has 0 spiro atoms. The maximum atomic E-state index is 12.8. The summed E-state index contributed by atoms with van der Waals surface area (Å²) in [5, 5.41) is 13.7. The molecule has 0 fully saturated rings. The van der Waals surface area contributed by atoms with Gasteiger partial charge < -0.3 is 28.8 Å². The van der Waals surface area contributed by atoms with Crippen molar-refractivity contribution in [2.45, 2.75) is 199 Å². The number of amides is 1. The van der Waals surface area contributed by atoms with Crippen LogP contribution >= 0.6 is 7.82 Å². The summed E-state index contributed by atoms with van der Waals surface area (Å²) in [5.41, 5.74) is 0. The number of unbranched alkanes of at least 4 members (excludes halogenated alkanes) is 23. The van der Waals surface area contributed by atoms with E-state index < -0.39 is 20.0 Å². The molecule has 51 heavy (non-hydrogen) atoms. The zero-order valence-electron chi connectivity index (χ0n) is 34.1. The zero-order chi connectivity index (χ0) is 37.9. The molecule has 0 aliphatic heterocycles. The predicted molar refractivity (Wildman–Crippen MR) is 215 cm³/mol. The molecule has 8 nitrogen and oxygen atoms in total. The molecule has 0 saturated heterocycles. The first kappa shape index (κ1) is 50.0. The van der Waals surface area contributed by atoms with Crippen LogP contribution in [0.5, 0.6) is 0 Å². The normalized spacial score (nSPS) is 14.7. The van der Waals surface area contributed by atoms with Crippen LogP contribution in [0.25, 0.3) is 0 Å². The second kappa shape index (κ2) is 34.7. The number of carbonyl (C=O) groups excluding carboxylic acids is 1. The van der Waals surface area contributed by atoms with Gasteiger partial charge in [-0.2, -0.15) is 0 Å². The Balaban J connectivity index is 4.50. The van der Waals surface area contributed by atoms with E-state index in [9.17, 15) is 19.4 Å². The highest BCUT2D eigenvalue weighted by atomic mass is 31.2. The van der Waals surface area contributed by atoms with Gasteiger partial charge in [0.2, 0.25) is 5.91 Å². The molecular formula is C42H83N2O6P. The first-order valence-electron chi connectivity index (χ1n) is 21.2. The van der Waals surface area contributed by atoms with Crippen molar-refractivity contribution in [3.63, 3.8) is 0 Å². The third-order valence-corrected chi connectivity index (χ3v) is 10.4. The summed E-state index contributed by atoms with van der Waals surface area (Å²) in [6, 6.07) is -0.896. The lowest BCUT2D eigenvalue weighted by Crippen LogP contribution is -2.45. The molecule has 3 atom stereocenters. The van der Waals surface area contributed by atoms with Crippen molar-refractivity contribution in [1.82, 2.24) is 5.32 Å². The van der Waals surface area contributed by atoms with Gasteiger partial charge in [0, 0.05) is 6.42 Å². The molecule has 0 radical (unpaired) electrons. The molecule has 0 aliphatic carbocycles. The number of allylic oxidation sites excluding steroid dienone is 3. The Bertz CT molecular complexity index is 891. The average molecular weight is 743 g/mol. The number of quaternary nitrogens is 1. The zero-order valence-corrected chi connectivity index (χ0v) is 35.0. The summed E-state index contributed by atoms with van der Waals surface area (Å²) in [6.07, 6.45) is 39.3. The summed E-state index contributed by atoms with van der Waals surface area (Å²) >= 11 is 0. The lowest BCUT2D eigenvalue weighted by molar-refractivity contribution is -0.870.